The molecule has 0 saturated heterocycles. The minimum absolute atomic E-state index is 0.00352. The van der Waals surface area contributed by atoms with Crippen LogP contribution in [0.4, 0.5) is 4.79 Å². The minimum Gasteiger partial charge on any atom is -0.508 e. The lowest BCUT2D eigenvalue weighted by Crippen LogP contribution is -2.48. The summed E-state index contributed by atoms with van der Waals surface area (Å²) in [5.74, 6) is -0.798. The fourth-order valence-electron chi connectivity index (χ4n) is 3.54. The molecule has 0 radical (unpaired) electrons. The first-order chi connectivity index (χ1) is 16.6. The van der Waals surface area contributed by atoms with Crippen molar-refractivity contribution in [3.05, 3.63) is 65.7 Å². The molecular weight excluding hydrogens is 446 g/mol. The van der Waals surface area contributed by atoms with Crippen LogP contribution in [-0.4, -0.2) is 46.6 Å². The smallest absolute Gasteiger partial charge is 0.408 e. The minimum atomic E-state index is -0.976. The van der Waals surface area contributed by atoms with Gasteiger partial charge in [0.05, 0.1) is 0 Å². The number of phenolic OH excluding ortho intramolecular Hbond substituents is 1. The maximum Gasteiger partial charge on any atom is 0.408 e. The summed E-state index contributed by atoms with van der Waals surface area (Å²) in [5.41, 5.74) is 0.707. The van der Waals surface area contributed by atoms with Gasteiger partial charge < -0.3 is 25.4 Å². The largest absolute Gasteiger partial charge is 0.508 e. The highest BCUT2D eigenvalue weighted by atomic mass is 16.6. The van der Waals surface area contributed by atoms with Crippen LogP contribution in [0.15, 0.2) is 54.6 Å². The lowest BCUT2D eigenvalue weighted by molar-refractivity contribution is -0.140. The Labute approximate surface area is 207 Å². The molecule has 35 heavy (non-hydrogen) atoms. The standard InChI is InChI=1S/C27H37N3O5/c1-5-6-10-16-30(23(32)19-29-26(34)35-27(2,3)4)24(21-14-11-15-22(31)17-21)25(33)28-18-20-12-8-7-9-13-20/h7-9,11-15,17,24,31H,5-6,10,16,18-19H2,1-4H3,(H,28,33)(H,29,34). The number of ether oxygens (including phenoxy) is 1. The van der Waals surface area contributed by atoms with Crippen molar-refractivity contribution in [1.82, 2.24) is 15.5 Å². The lowest BCUT2D eigenvalue weighted by atomic mass is 10.0. The van der Waals surface area contributed by atoms with E-state index in [-0.39, 0.29) is 18.2 Å². The van der Waals surface area contributed by atoms with E-state index < -0.39 is 23.6 Å². The van der Waals surface area contributed by atoms with Crippen LogP contribution in [0.1, 0.15) is 64.1 Å². The van der Waals surface area contributed by atoms with E-state index >= 15 is 0 Å². The lowest BCUT2D eigenvalue weighted by Gasteiger charge is -2.32. The van der Waals surface area contributed by atoms with Crippen LogP contribution >= 0.6 is 0 Å². The van der Waals surface area contributed by atoms with Gasteiger partial charge in [-0.3, -0.25) is 9.59 Å². The van der Waals surface area contributed by atoms with Gasteiger partial charge in [-0.2, -0.15) is 0 Å². The number of rotatable bonds is 11. The number of alkyl carbamates (subject to hydrolysis) is 1. The zero-order valence-electron chi connectivity index (χ0n) is 21.0. The Morgan fingerprint density at radius 1 is 1.00 bits per heavy atom. The van der Waals surface area contributed by atoms with Crippen molar-refractivity contribution in [3.63, 3.8) is 0 Å². The van der Waals surface area contributed by atoms with E-state index in [2.05, 4.69) is 17.6 Å². The van der Waals surface area contributed by atoms with Gasteiger partial charge >= 0.3 is 6.09 Å². The number of hydrogen-bond donors (Lipinski definition) is 3. The van der Waals surface area contributed by atoms with Crippen LogP contribution in [0.2, 0.25) is 0 Å². The highest BCUT2D eigenvalue weighted by molar-refractivity contribution is 5.90. The Morgan fingerprint density at radius 3 is 2.34 bits per heavy atom. The van der Waals surface area contributed by atoms with Crippen molar-refractivity contribution in [3.8, 4) is 5.75 Å². The highest BCUT2D eigenvalue weighted by Gasteiger charge is 2.31. The van der Waals surface area contributed by atoms with E-state index in [0.29, 0.717) is 25.1 Å². The molecule has 190 valence electrons. The topological polar surface area (TPSA) is 108 Å². The Balaban J connectivity index is 2.28. The molecule has 0 heterocycles. The molecule has 1 unspecified atom stereocenters. The maximum atomic E-state index is 13.4. The van der Waals surface area contributed by atoms with Gasteiger partial charge in [-0.15, -0.1) is 0 Å². The van der Waals surface area contributed by atoms with Crippen molar-refractivity contribution >= 4 is 17.9 Å². The Kier molecular flexibility index (Phi) is 10.6. The Hall–Kier alpha value is -3.55. The summed E-state index contributed by atoms with van der Waals surface area (Å²) in [5, 5.41) is 15.5. The third kappa shape index (κ3) is 9.68. The number of benzene rings is 2. The van der Waals surface area contributed by atoms with Crippen molar-refractivity contribution in [2.45, 2.75) is 65.1 Å². The zero-order chi connectivity index (χ0) is 25.8. The van der Waals surface area contributed by atoms with Crippen molar-refractivity contribution in [2.24, 2.45) is 0 Å². The molecule has 8 heteroatoms. The number of hydrogen-bond acceptors (Lipinski definition) is 5. The molecule has 3 N–H and O–H groups in total. The number of carbonyl (C=O) groups excluding carboxylic acids is 3. The summed E-state index contributed by atoms with van der Waals surface area (Å²) in [6.45, 7) is 7.56. The van der Waals surface area contributed by atoms with Gasteiger partial charge in [0.1, 0.15) is 23.9 Å². The summed E-state index contributed by atoms with van der Waals surface area (Å²) in [6, 6.07) is 14.8. The Bertz CT molecular complexity index is 972. The molecule has 0 aromatic heterocycles. The first kappa shape index (κ1) is 27.7. The predicted octanol–water partition coefficient (Wildman–Crippen LogP) is 4.29. The van der Waals surface area contributed by atoms with Crippen LogP contribution in [0.5, 0.6) is 5.75 Å². The number of carbonyl (C=O) groups is 3. The molecule has 2 rings (SSSR count). The molecule has 8 nitrogen and oxygen atoms in total. The number of nitrogens with zero attached hydrogens (tertiary/aromatic N) is 1. The van der Waals surface area contributed by atoms with E-state index in [1.54, 1.807) is 32.9 Å². The molecule has 0 bridgehead atoms. The molecule has 3 amide bonds. The van der Waals surface area contributed by atoms with E-state index in [1.165, 1.54) is 17.0 Å². The molecule has 0 aliphatic rings. The van der Waals surface area contributed by atoms with Gasteiger partial charge in [0, 0.05) is 13.1 Å². The quantitative estimate of drug-likeness (QED) is 0.413. The molecule has 0 aliphatic carbocycles. The summed E-state index contributed by atoms with van der Waals surface area (Å²) in [4.78, 5) is 40.3. The number of amides is 3. The van der Waals surface area contributed by atoms with E-state index in [4.69, 9.17) is 4.74 Å². The van der Waals surface area contributed by atoms with Crippen LogP contribution in [0.25, 0.3) is 0 Å². The first-order valence-electron chi connectivity index (χ1n) is 12.0. The normalized spacial score (nSPS) is 11.9. The summed E-state index contributed by atoms with van der Waals surface area (Å²) >= 11 is 0. The van der Waals surface area contributed by atoms with Crippen molar-refractivity contribution < 1.29 is 24.2 Å². The zero-order valence-corrected chi connectivity index (χ0v) is 21.0. The maximum absolute atomic E-state index is 13.4. The third-order valence-electron chi connectivity index (χ3n) is 5.16. The van der Waals surface area contributed by atoms with E-state index in [9.17, 15) is 19.5 Å². The van der Waals surface area contributed by atoms with Gasteiger partial charge in [0.2, 0.25) is 11.8 Å². The molecule has 0 fully saturated rings. The van der Waals surface area contributed by atoms with Crippen LogP contribution in [-0.2, 0) is 20.9 Å². The van der Waals surface area contributed by atoms with Gasteiger partial charge in [-0.1, -0.05) is 62.2 Å². The second-order valence-corrected chi connectivity index (χ2v) is 9.35. The van der Waals surface area contributed by atoms with Gasteiger partial charge in [0.25, 0.3) is 0 Å². The summed E-state index contributed by atoms with van der Waals surface area (Å²) in [7, 11) is 0. The Morgan fingerprint density at radius 2 is 1.71 bits per heavy atom. The number of phenols is 1. The molecular formula is C27H37N3O5. The van der Waals surface area contributed by atoms with Crippen molar-refractivity contribution in [1.29, 1.82) is 0 Å². The second-order valence-electron chi connectivity index (χ2n) is 9.35. The van der Waals surface area contributed by atoms with Crippen LogP contribution in [0.3, 0.4) is 0 Å². The average molecular weight is 484 g/mol. The molecule has 0 aliphatic heterocycles. The fourth-order valence-corrected chi connectivity index (χ4v) is 3.54. The molecule has 2 aromatic carbocycles. The molecule has 0 saturated carbocycles. The second kappa shape index (κ2) is 13.4. The van der Waals surface area contributed by atoms with Crippen LogP contribution in [0, 0.1) is 0 Å². The van der Waals surface area contributed by atoms with Gasteiger partial charge in [0.15, 0.2) is 0 Å². The van der Waals surface area contributed by atoms with Crippen LogP contribution < -0.4 is 10.6 Å². The SMILES string of the molecule is CCCCCN(C(=O)CNC(=O)OC(C)(C)C)C(C(=O)NCc1ccccc1)c1cccc(O)c1. The fraction of sp³-hybridized carbons (Fsp3) is 0.444. The number of unbranched alkanes of at least 4 members (excludes halogenated alkanes) is 2. The molecule has 0 spiro atoms. The predicted molar refractivity (Wildman–Crippen MR) is 135 cm³/mol. The number of aromatic hydroxyl groups is 1. The summed E-state index contributed by atoms with van der Waals surface area (Å²) < 4.78 is 5.23. The van der Waals surface area contributed by atoms with E-state index in [1.807, 2.05) is 30.3 Å². The highest BCUT2D eigenvalue weighted by Crippen LogP contribution is 2.25. The molecule has 1 atom stereocenters. The number of nitrogens with one attached hydrogen (secondary N) is 2. The summed E-state index contributed by atoms with van der Waals surface area (Å²) in [6.07, 6.45) is 1.80. The average Bonchev–Trinajstić information content (AvgIpc) is 2.80. The molecule has 2 aromatic rings. The monoisotopic (exact) mass is 483 g/mol. The first-order valence-corrected chi connectivity index (χ1v) is 12.0. The van der Waals surface area contributed by atoms with Gasteiger partial charge in [-0.25, -0.2) is 4.79 Å². The van der Waals surface area contributed by atoms with Crippen molar-refractivity contribution in [2.75, 3.05) is 13.1 Å². The third-order valence-corrected chi connectivity index (χ3v) is 5.16. The van der Waals surface area contributed by atoms with Gasteiger partial charge in [-0.05, 0) is 50.5 Å². The van der Waals surface area contributed by atoms with E-state index in [0.717, 1.165) is 18.4 Å².